The number of carbonyl (C=O) groups excluding carboxylic acids is 3. The molecule has 0 aliphatic rings. The molecule has 0 radical (unpaired) electrons. The van der Waals surface area contributed by atoms with Gasteiger partial charge in [-0.15, -0.1) is 0 Å². The lowest BCUT2D eigenvalue weighted by Crippen LogP contribution is -2.23. The number of ketones is 1. The van der Waals surface area contributed by atoms with Crippen LogP contribution in [0.4, 0.5) is 5.69 Å². The second kappa shape index (κ2) is 7.15. The molecule has 0 saturated heterocycles. The van der Waals surface area contributed by atoms with Gasteiger partial charge in [-0.1, -0.05) is 0 Å². The van der Waals surface area contributed by atoms with Gasteiger partial charge in [0.2, 0.25) is 12.3 Å². The molecule has 6 heteroatoms. The van der Waals surface area contributed by atoms with Crippen molar-refractivity contribution in [3.63, 3.8) is 0 Å². The van der Waals surface area contributed by atoms with E-state index in [-0.39, 0.29) is 24.7 Å². The van der Waals surface area contributed by atoms with E-state index in [9.17, 15) is 14.4 Å². The van der Waals surface area contributed by atoms with Gasteiger partial charge in [-0.2, -0.15) is 0 Å². The van der Waals surface area contributed by atoms with Crippen LogP contribution in [0.15, 0.2) is 18.2 Å². The van der Waals surface area contributed by atoms with Gasteiger partial charge in [0, 0.05) is 25.5 Å². The van der Waals surface area contributed by atoms with Gasteiger partial charge >= 0.3 is 0 Å². The average molecular weight is 264 g/mol. The van der Waals surface area contributed by atoms with Crippen LogP contribution in [-0.2, 0) is 9.59 Å². The van der Waals surface area contributed by atoms with Crippen LogP contribution in [0, 0.1) is 0 Å². The summed E-state index contributed by atoms with van der Waals surface area (Å²) in [6.07, 6.45) is 0.659. The maximum atomic E-state index is 12.0. The monoisotopic (exact) mass is 264 g/mol. The molecule has 0 unspecified atom stereocenters. The molecule has 1 rings (SSSR count). The fraction of sp³-hybridized carbons (Fsp3) is 0.308. The molecule has 0 aliphatic heterocycles. The molecule has 19 heavy (non-hydrogen) atoms. The third-order valence-corrected chi connectivity index (χ3v) is 2.47. The number of rotatable bonds is 7. The normalized spacial score (nSPS) is 9.58. The van der Waals surface area contributed by atoms with Crippen LogP contribution in [-0.4, -0.2) is 31.8 Å². The van der Waals surface area contributed by atoms with Crippen molar-refractivity contribution in [2.75, 3.05) is 19.0 Å². The Balaban J connectivity index is 2.85. The quantitative estimate of drug-likeness (QED) is 0.567. The Morgan fingerprint density at radius 1 is 1.37 bits per heavy atom. The first-order valence-corrected chi connectivity index (χ1v) is 5.74. The van der Waals surface area contributed by atoms with E-state index >= 15 is 0 Å². The van der Waals surface area contributed by atoms with Crippen molar-refractivity contribution < 1.29 is 19.1 Å². The van der Waals surface area contributed by atoms with E-state index in [1.165, 1.54) is 14.0 Å². The van der Waals surface area contributed by atoms with Crippen LogP contribution in [0.2, 0.25) is 0 Å². The molecule has 1 aromatic carbocycles. The summed E-state index contributed by atoms with van der Waals surface area (Å²) in [4.78, 5) is 33.3. The van der Waals surface area contributed by atoms with Gasteiger partial charge in [-0.25, -0.2) is 0 Å². The standard InChI is InChI=1S/C13H16N2O4/c1-9(17)14-6-5-13(18)11-7-10(19-2)3-4-12(11)15-8-16/h3-4,7-8H,5-6H2,1-2H3,(H,14,17)(H,15,16). The van der Waals surface area contributed by atoms with E-state index in [0.717, 1.165) is 0 Å². The number of ether oxygens (including phenoxy) is 1. The molecular formula is C13H16N2O4. The highest BCUT2D eigenvalue weighted by Crippen LogP contribution is 2.22. The van der Waals surface area contributed by atoms with Crippen LogP contribution in [0.25, 0.3) is 0 Å². The Morgan fingerprint density at radius 2 is 2.11 bits per heavy atom. The van der Waals surface area contributed by atoms with Crippen molar-refractivity contribution in [1.29, 1.82) is 0 Å². The molecule has 2 amide bonds. The minimum absolute atomic E-state index is 0.153. The number of carbonyl (C=O) groups is 3. The second-order valence-corrected chi connectivity index (χ2v) is 3.83. The Kier molecular flexibility index (Phi) is 5.53. The third-order valence-electron chi connectivity index (χ3n) is 2.47. The first kappa shape index (κ1) is 14.7. The highest BCUT2D eigenvalue weighted by molar-refractivity contribution is 6.03. The molecule has 0 fully saturated rings. The number of methoxy groups -OCH3 is 1. The van der Waals surface area contributed by atoms with Crippen molar-refractivity contribution in [2.45, 2.75) is 13.3 Å². The molecule has 0 aliphatic carbocycles. The van der Waals surface area contributed by atoms with Crippen LogP contribution in [0.3, 0.4) is 0 Å². The molecule has 0 spiro atoms. The number of benzene rings is 1. The zero-order valence-electron chi connectivity index (χ0n) is 10.9. The largest absolute Gasteiger partial charge is 0.497 e. The summed E-state index contributed by atoms with van der Waals surface area (Å²) in [6.45, 7) is 1.64. The smallest absolute Gasteiger partial charge is 0.216 e. The number of hydrogen-bond donors (Lipinski definition) is 2. The van der Waals surface area contributed by atoms with Crippen LogP contribution >= 0.6 is 0 Å². The lowest BCUT2D eigenvalue weighted by Gasteiger charge is -2.09. The van der Waals surface area contributed by atoms with Crippen LogP contribution < -0.4 is 15.4 Å². The first-order valence-electron chi connectivity index (χ1n) is 5.74. The highest BCUT2D eigenvalue weighted by Gasteiger charge is 2.12. The lowest BCUT2D eigenvalue weighted by atomic mass is 10.1. The molecule has 1 aromatic rings. The third kappa shape index (κ3) is 4.42. The van der Waals surface area contributed by atoms with Gasteiger partial charge < -0.3 is 15.4 Å². The number of anilines is 1. The molecule has 0 saturated carbocycles. The summed E-state index contributed by atoms with van der Waals surface area (Å²) < 4.78 is 5.04. The highest BCUT2D eigenvalue weighted by atomic mass is 16.5. The zero-order valence-corrected chi connectivity index (χ0v) is 10.9. The Bertz CT molecular complexity index is 486. The molecule has 0 atom stereocenters. The average Bonchev–Trinajstić information content (AvgIpc) is 2.39. The number of amides is 2. The molecule has 6 nitrogen and oxygen atoms in total. The summed E-state index contributed by atoms with van der Waals surface area (Å²) >= 11 is 0. The second-order valence-electron chi connectivity index (χ2n) is 3.83. The Hall–Kier alpha value is -2.37. The Labute approximate surface area is 111 Å². The van der Waals surface area contributed by atoms with E-state index < -0.39 is 0 Å². The molecule has 102 valence electrons. The predicted molar refractivity (Wildman–Crippen MR) is 70.3 cm³/mol. The topological polar surface area (TPSA) is 84.5 Å². The van der Waals surface area contributed by atoms with Gasteiger partial charge in [0.1, 0.15) is 5.75 Å². The van der Waals surface area contributed by atoms with Crippen LogP contribution in [0.5, 0.6) is 5.75 Å². The number of hydrogen-bond acceptors (Lipinski definition) is 4. The van der Waals surface area contributed by atoms with E-state index in [2.05, 4.69) is 10.6 Å². The summed E-state index contributed by atoms with van der Waals surface area (Å²) in [5, 5.41) is 5.01. The maximum Gasteiger partial charge on any atom is 0.216 e. The first-order chi connectivity index (χ1) is 9.08. The SMILES string of the molecule is COc1ccc(NC=O)c(C(=O)CCNC(C)=O)c1. The summed E-state index contributed by atoms with van der Waals surface area (Å²) in [6, 6.07) is 4.80. The van der Waals surface area contributed by atoms with Gasteiger partial charge in [0.25, 0.3) is 0 Å². The van der Waals surface area contributed by atoms with Gasteiger partial charge in [0.15, 0.2) is 5.78 Å². The number of nitrogens with one attached hydrogen (secondary N) is 2. The minimum Gasteiger partial charge on any atom is -0.497 e. The van der Waals surface area contributed by atoms with E-state index in [4.69, 9.17) is 4.74 Å². The molecule has 0 heterocycles. The predicted octanol–water partition coefficient (Wildman–Crippen LogP) is 0.972. The fourth-order valence-electron chi connectivity index (χ4n) is 1.56. The van der Waals surface area contributed by atoms with Crippen molar-refractivity contribution in [3.8, 4) is 5.75 Å². The van der Waals surface area contributed by atoms with Crippen molar-refractivity contribution in [1.82, 2.24) is 5.32 Å². The lowest BCUT2D eigenvalue weighted by molar-refractivity contribution is -0.118. The summed E-state index contributed by atoms with van der Waals surface area (Å²) in [7, 11) is 1.49. The van der Waals surface area contributed by atoms with Crippen LogP contribution in [0.1, 0.15) is 23.7 Å². The summed E-state index contributed by atoms with van der Waals surface area (Å²) in [5.41, 5.74) is 0.778. The van der Waals surface area contributed by atoms with Crippen molar-refractivity contribution in [2.24, 2.45) is 0 Å². The molecule has 0 bridgehead atoms. The van der Waals surface area contributed by atoms with Gasteiger partial charge in [0.05, 0.1) is 12.8 Å². The molecule has 0 aromatic heterocycles. The maximum absolute atomic E-state index is 12.0. The van der Waals surface area contributed by atoms with E-state index in [0.29, 0.717) is 23.4 Å². The molecule has 2 N–H and O–H groups in total. The summed E-state index contributed by atoms with van der Waals surface area (Å²) in [5.74, 6) is 0.154. The van der Waals surface area contributed by atoms with Crippen molar-refractivity contribution >= 4 is 23.8 Å². The van der Waals surface area contributed by atoms with Gasteiger partial charge in [-0.3, -0.25) is 14.4 Å². The zero-order chi connectivity index (χ0) is 14.3. The van der Waals surface area contributed by atoms with E-state index in [1.807, 2.05) is 0 Å². The van der Waals surface area contributed by atoms with Crippen molar-refractivity contribution in [3.05, 3.63) is 23.8 Å². The fourth-order valence-corrected chi connectivity index (χ4v) is 1.56. The van der Waals surface area contributed by atoms with E-state index in [1.54, 1.807) is 18.2 Å². The Morgan fingerprint density at radius 3 is 2.68 bits per heavy atom. The molecular weight excluding hydrogens is 248 g/mol. The van der Waals surface area contributed by atoms with Gasteiger partial charge in [-0.05, 0) is 18.2 Å². The number of Topliss-reactive ketones (excluding diaryl/α,β-unsaturated/α-hetero) is 1. The minimum atomic E-state index is -0.190.